The molecule has 1 amide bonds. The average Bonchev–Trinajstić information content (AvgIpc) is 2.95. The lowest BCUT2D eigenvalue weighted by Crippen LogP contribution is -2.32. The van der Waals surface area contributed by atoms with Crippen LogP contribution in [-0.4, -0.2) is 47.7 Å². The van der Waals surface area contributed by atoms with Crippen molar-refractivity contribution in [1.82, 2.24) is 15.1 Å². The first-order valence-electron chi connectivity index (χ1n) is 9.26. The van der Waals surface area contributed by atoms with E-state index in [1.165, 1.54) is 21.1 Å². The molecule has 1 aromatic carbocycles. The summed E-state index contributed by atoms with van der Waals surface area (Å²) in [6, 6.07) is 4.90. The van der Waals surface area contributed by atoms with Crippen molar-refractivity contribution < 1.29 is 32.5 Å². The second-order valence-electron chi connectivity index (χ2n) is 6.99. The summed E-state index contributed by atoms with van der Waals surface area (Å²) in [6.45, 7) is 3.35. The van der Waals surface area contributed by atoms with Crippen LogP contribution >= 0.6 is 0 Å². The van der Waals surface area contributed by atoms with Gasteiger partial charge in [-0.15, -0.1) is 0 Å². The number of carbonyl (C=O) groups is 1. The van der Waals surface area contributed by atoms with Crippen molar-refractivity contribution in [2.75, 3.05) is 20.8 Å². The monoisotopic (exact) mass is 429 g/mol. The first-order valence-corrected chi connectivity index (χ1v) is 9.26. The maximum atomic E-state index is 12.7. The molecule has 1 aromatic heterocycles. The number of nitrogens with one attached hydrogen (secondary N) is 1. The van der Waals surface area contributed by atoms with Gasteiger partial charge in [-0.2, -0.15) is 18.3 Å². The molecule has 0 saturated carbocycles. The van der Waals surface area contributed by atoms with Crippen LogP contribution in [0.5, 0.6) is 11.5 Å². The van der Waals surface area contributed by atoms with Crippen LogP contribution in [0.1, 0.15) is 41.5 Å². The van der Waals surface area contributed by atoms with Crippen LogP contribution < -0.4 is 14.8 Å². The molecular formula is C20H26F3N3O4. The van der Waals surface area contributed by atoms with E-state index in [-0.39, 0.29) is 12.2 Å². The molecule has 166 valence electrons. The molecule has 1 heterocycles. The number of methoxy groups -OCH3 is 2. The van der Waals surface area contributed by atoms with E-state index in [1.807, 2.05) is 0 Å². The van der Waals surface area contributed by atoms with E-state index >= 15 is 0 Å². The van der Waals surface area contributed by atoms with Crippen LogP contribution in [0.25, 0.3) is 0 Å². The molecule has 0 bridgehead atoms. The van der Waals surface area contributed by atoms with Crippen molar-refractivity contribution in [3.8, 4) is 11.5 Å². The Kier molecular flexibility index (Phi) is 7.35. The summed E-state index contributed by atoms with van der Waals surface area (Å²) in [4.78, 5) is 12.6. The van der Waals surface area contributed by atoms with Gasteiger partial charge in [0.25, 0.3) is 0 Å². The Bertz CT molecular complexity index is 874. The number of aliphatic hydroxyl groups is 1. The van der Waals surface area contributed by atoms with Gasteiger partial charge in [-0.25, -0.2) is 0 Å². The lowest BCUT2D eigenvalue weighted by Gasteiger charge is -2.17. The maximum Gasteiger partial charge on any atom is 0.408 e. The van der Waals surface area contributed by atoms with E-state index in [0.29, 0.717) is 28.3 Å². The van der Waals surface area contributed by atoms with Crippen LogP contribution in [0.3, 0.4) is 0 Å². The first kappa shape index (κ1) is 23.5. The quantitative estimate of drug-likeness (QED) is 0.674. The lowest BCUT2D eigenvalue weighted by atomic mass is 9.98. The zero-order chi connectivity index (χ0) is 22.6. The minimum absolute atomic E-state index is 0.0890. The molecule has 0 saturated heterocycles. The fourth-order valence-corrected chi connectivity index (χ4v) is 3.28. The van der Waals surface area contributed by atoms with Crippen molar-refractivity contribution >= 4 is 5.91 Å². The van der Waals surface area contributed by atoms with Gasteiger partial charge in [-0.1, -0.05) is 0 Å². The summed E-state index contributed by atoms with van der Waals surface area (Å²) in [5.41, 5.74) is 1.57. The van der Waals surface area contributed by atoms with Crippen LogP contribution in [0.15, 0.2) is 18.2 Å². The highest BCUT2D eigenvalue weighted by atomic mass is 19.4. The Morgan fingerprint density at radius 3 is 2.27 bits per heavy atom. The van der Waals surface area contributed by atoms with E-state index < -0.39 is 30.7 Å². The summed E-state index contributed by atoms with van der Waals surface area (Å²) in [5, 5.41) is 17.0. The lowest BCUT2D eigenvalue weighted by molar-refractivity contribution is -0.143. The predicted octanol–water partition coefficient (Wildman–Crippen LogP) is 3.03. The number of alkyl halides is 3. The molecule has 10 heteroatoms. The molecule has 0 aliphatic heterocycles. The number of amides is 1. The Balaban J connectivity index is 2.10. The van der Waals surface area contributed by atoms with Crippen LogP contribution in [0.4, 0.5) is 13.2 Å². The molecule has 0 spiro atoms. The number of rotatable bonds is 8. The standard InChI is InChI=1S/C20H26F3N3O4/c1-11(18-12(2)25-26(13(18)3)10-20(21,22)23)19(28)24-9-17(27)14-6-15(29-4)8-16(7-14)30-5/h6-8,11,17,27H,9-10H2,1-5H3,(H,24,28). The third-order valence-electron chi connectivity index (χ3n) is 4.82. The Morgan fingerprint density at radius 2 is 1.77 bits per heavy atom. The highest BCUT2D eigenvalue weighted by Crippen LogP contribution is 2.28. The number of aryl methyl sites for hydroxylation is 1. The fraction of sp³-hybridized carbons (Fsp3) is 0.500. The molecule has 7 nitrogen and oxygen atoms in total. The zero-order valence-electron chi connectivity index (χ0n) is 17.5. The minimum atomic E-state index is -4.41. The van der Waals surface area contributed by atoms with Crippen molar-refractivity contribution in [2.24, 2.45) is 0 Å². The van der Waals surface area contributed by atoms with Crippen molar-refractivity contribution in [3.05, 3.63) is 40.7 Å². The number of carbonyl (C=O) groups excluding carboxylic acids is 1. The summed E-state index contributed by atoms with van der Waals surface area (Å²) in [7, 11) is 2.97. The molecule has 2 rings (SSSR count). The molecule has 0 fully saturated rings. The molecule has 2 atom stereocenters. The number of benzene rings is 1. The first-order chi connectivity index (χ1) is 14.0. The number of ether oxygens (including phenoxy) is 2. The van der Waals surface area contributed by atoms with E-state index in [0.717, 1.165) is 4.68 Å². The van der Waals surface area contributed by atoms with Crippen molar-refractivity contribution in [2.45, 2.75) is 45.5 Å². The summed E-state index contributed by atoms with van der Waals surface area (Å²) >= 11 is 0. The van der Waals surface area contributed by atoms with Gasteiger partial charge in [0.1, 0.15) is 18.0 Å². The van der Waals surface area contributed by atoms with Gasteiger partial charge in [0, 0.05) is 23.9 Å². The summed E-state index contributed by atoms with van der Waals surface area (Å²) in [5.74, 6) is -0.182. The van der Waals surface area contributed by atoms with E-state index in [1.54, 1.807) is 32.0 Å². The van der Waals surface area contributed by atoms with Crippen molar-refractivity contribution in [3.63, 3.8) is 0 Å². The number of aliphatic hydroxyl groups excluding tert-OH is 1. The third kappa shape index (κ3) is 5.65. The van der Waals surface area contributed by atoms with E-state index in [4.69, 9.17) is 9.47 Å². The SMILES string of the molecule is COc1cc(OC)cc(C(O)CNC(=O)C(C)c2c(C)nn(CC(F)(F)F)c2C)c1. The van der Waals surface area contributed by atoms with Crippen LogP contribution in [0.2, 0.25) is 0 Å². The van der Waals surface area contributed by atoms with Crippen LogP contribution in [-0.2, 0) is 11.3 Å². The minimum Gasteiger partial charge on any atom is -0.497 e. The zero-order valence-corrected chi connectivity index (χ0v) is 17.5. The average molecular weight is 429 g/mol. The van der Waals surface area contributed by atoms with Gasteiger partial charge in [0.05, 0.1) is 31.9 Å². The number of hydrogen-bond donors (Lipinski definition) is 2. The van der Waals surface area contributed by atoms with Gasteiger partial charge in [-0.05, 0) is 38.5 Å². The fourth-order valence-electron chi connectivity index (χ4n) is 3.28. The molecule has 2 aromatic rings. The smallest absolute Gasteiger partial charge is 0.408 e. The topological polar surface area (TPSA) is 85.6 Å². The molecule has 0 aliphatic rings. The molecule has 2 N–H and O–H groups in total. The number of hydrogen-bond acceptors (Lipinski definition) is 5. The Morgan fingerprint density at radius 1 is 1.20 bits per heavy atom. The van der Waals surface area contributed by atoms with Gasteiger partial charge in [0.2, 0.25) is 5.91 Å². The van der Waals surface area contributed by atoms with Gasteiger partial charge in [0.15, 0.2) is 0 Å². The van der Waals surface area contributed by atoms with Gasteiger partial charge < -0.3 is 19.9 Å². The second-order valence-corrected chi connectivity index (χ2v) is 6.99. The third-order valence-corrected chi connectivity index (χ3v) is 4.82. The Labute approximate surface area is 172 Å². The predicted molar refractivity (Wildman–Crippen MR) is 104 cm³/mol. The van der Waals surface area contributed by atoms with E-state index in [2.05, 4.69) is 10.4 Å². The van der Waals surface area contributed by atoms with Gasteiger partial charge >= 0.3 is 6.18 Å². The van der Waals surface area contributed by atoms with Crippen LogP contribution in [0, 0.1) is 13.8 Å². The number of aromatic nitrogens is 2. The maximum absolute atomic E-state index is 12.7. The Hall–Kier alpha value is -2.75. The molecule has 0 aliphatic carbocycles. The molecule has 0 radical (unpaired) electrons. The number of nitrogens with zero attached hydrogens (tertiary/aromatic N) is 2. The molecule has 30 heavy (non-hydrogen) atoms. The molecule has 2 unspecified atom stereocenters. The molecular weight excluding hydrogens is 403 g/mol. The summed E-state index contributed by atoms with van der Waals surface area (Å²) in [6.07, 6.45) is -5.44. The van der Waals surface area contributed by atoms with E-state index in [9.17, 15) is 23.1 Å². The second kappa shape index (κ2) is 9.38. The highest BCUT2D eigenvalue weighted by Gasteiger charge is 2.31. The van der Waals surface area contributed by atoms with Gasteiger partial charge in [-0.3, -0.25) is 9.48 Å². The number of halogens is 3. The summed E-state index contributed by atoms with van der Waals surface area (Å²) < 4.78 is 49.3. The highest BCUT2D eigenvalue weighted by molar-refractivity contribution is 5.83. The van der Waals surface area contributed by atoms with Crippen molar-refractivity contribution in [1.29, 1.82) is 0 Å². The normalized spacial score (nSPS) is 13.6. The largest absolute Gasteiger partial charge is 0.497 e.